The molecule has 25 heavy (non-hydrogen) atoms. The number of benzene rings is 2. The van der Waals surface area contributed by atoms with Crippen molar-refractivity contribution in [3.05, 3.63) is 59.2 Å². The minimum absolute atomic E-state index is 0.287. The van der Waals surface area contributed by atoms with Gasteiger partial charge in [-0.25, -0.2) is 4.79 Å². The highest BCUT2D eigenvalue weighted by molar-refractivity contribution is 5.94. The van der Waals surface area contributed by atoms with Crippen LogP contribution in [0, 0.1) is 25.2 Å². The molecule has 2 rings (SSSR count). The Bertz CT molecular complexity index is 804. The van der Waals surface area contributed by atoms with Gasteiger partial charge in [0.15, 0.2) is 13.2 Å². The summed E-state index contributed by atoms with van der Waals surface area (Å²) in [6, 6.07) is 14.2. The van der Waals surface area contributed by atoms with Gasteiger partial charge in [0.1, 0.15) is 11.8 Å². The second-order valence-corrected chi connectivity index (χ2v) is 5.48. The van der Waals surface area contributed by atoms with Crippen LogP contribution in [0.15, 0.2) is 42.5 Å². The molecule has 0 saturated carbocycles. The van der Waals surface area contributed by atoms with E-state index in [2.05, 4.69) is 5.32 Å². The smallest absolute Gasteiger partial charge is 0.344 e. The van der Waals surface area contributed by atoms with Crippen molar-refractivity contribution in [2.75, 3.05) is 18.5 Å². The number of nitrogens with one attached hydrogen (secondary N) is 1. The first-order valence-corrected chi connectivity index (χ1v) is 7.63. The molecule has 0 atom stereocenters. The van der Waals surface area contributed by atoms with Crippen LogP contribution < -0.4 is 10.1 Å². The van der Waals surface area contributed by atoms with E-state index in [0.29, 0.717) is 17.0 Å². The van der Waals surface area contributed by atoms with Crippen molar-refractivity contribution in [1.82, 2.24) is 0 Å². The van der Waals surface area contributed by atoms with Gasteiger partial charge < -0.3 is 14.8 Å². The molecule has 0 radical (unpaired) electrons. The molecule has 6 heteroatoms. The highest BCUT2D eigenvalue weighted by atomic mass is 16.6. The van der Waals surface area contributed by atoms with Gasteiger partial charge in [-0.1, -0.05) is 18.2 Å². The summed E-state index contributed by atoms with van der Waals surface area (Å²) in [5.41, 5.74) is 2.76. The lowest BCUT2D eigenvalue weighted by Crippen LogP contribution is -2.24. The first-order valence-electron chi connectivity index (χ1n) is 7.63. The molecule has 2 aromatic rings. The van der Waals surface area contributed by atoms with Crippen LogP contribution in [0.1, 0.15) is 16.7 Å². The van der Waals surface area contributed by atoms with Crippen LogP contribution >= 0.6 is 0 Å². The molecule has 1 N–H and O–H groups in total. The number of aryl methyl sites for hydroxylation is 2. The quantitative estimate of drug-likeness (QED) is 0.818. The number of amides is 1. The molecule has 1 amide bonds. The number of esters is 1. The molecule has 2 aromatic carbocycles. The number of nitrogens with zero attached hydrogens (tertiary/aromatic N) is 1. The maximum atomic E-state index is 11.8. The number of anilines is 1. The Morgan fingerprint density at radius 2 is 1.76 bits per heavy atom. The number of hydrogen-bond acceptors (Lipinski definition) is 5. The van der Waals surface area contributed by atoms with Crippen molar-refractivity contribution in [2.24, 2.45) is 0 Å². The van der Waals surface area contributed by atoms with Gasteiger partial charge in [-0.3, -0.25) is 4.79 Å². The van der Waals surface area contributed by atoms with Crippen LogP contribution in [0.25, 0.3) is 0 Å². The molecular weight excluding hydrogens is 320 g/mol. The average molecular weight is 338 g/mol. The largest absolute Gasteiger partial charge is 0.482 e. The second kappa shape index (κ2) is 8.50. The number of carbonyl (C=O) groups excluding carboxylic acids is 2. The first kappa shape index (κ1) is 18.0. The maximum absolute atomic E-state index is 11.8. The molecule has 128 valence electrons. The molecule has 0 heterocycles. The van der Waals surface area contributed by atoms with E-state index in [1.54, 1.807) is 24.3 Å². The fourth-order valence-corrected chi connectivity index (χ4v) is 2.22. The third kappa shape index (κ3) is 5.66. The van der Waals surface area contributed by atoms with Crippen molar-refractivity contribution >= 4 is 17.6 Å². The van der Waals surface area contributed by atoms with Crippen molar-refractivity contribution in [3.8, 4) is 11.8 Å². The monoisotopic (exact) mass is 338 g/mol. The summed E-state index contributed by atoms with van der Waals surface area (Å²) in [6.45, 7) is 3.13. The minimum atomic E-state index is -0.650. The van der Waals surface area contributed by atoms with E-state index in [9.17, 15) is 9.59 Å². The molecule has 0 aromatic heterocycles. The van der Waals surface area contributed by atoms with E-state index in [1.165, 1.54) is 0 Å². The van der Waals surface area contributed by atoms with Gasteiger partial charge in [-0.2, -0.15) is 5.26 Å². The molecule has 0 aliphatic heterocycles. The number of carbonyl (C=O) groups is 2. The summed E-state index contributed by atoms with van der Waals surface area (Å²) in [6.07, 6.45) is 0. The number of nitriles is 1. The van der Waals surface area contributed by atoms with Gasteiger partial charge in [0, 0.05) is 0 Å². The van der Waals surface area contributed by atoms with Crippen molar-refractivity contribution < 1.29 is 19.1 Å². The third-order valence-corrected chi connectivity index (χ3v) is 3.24. The van der Waals surface area contributed by atoms with Crippen LogP contribution in [-0.4, -0.2) is 25.1 Å². The summed E-state index contributed by atoms with van der Waals surface area (Å²) < 4.78 is 10.2. The standard InChI is InChI=1S/C19H18N2O4/c1-13-7-14(2)9-16(8-13)24-12-19(23)25-11-18(22)21-17-6-4-3-5-15(17)10-20/h3-9H,11-12H2,1-2H3,(H,21,22). The zero-order valence-electron chi connectivity index (χ0n) is 14.0. The molecule has 0 aliphatic rings. The molecule has 0 saturated heterocycles. The topological polar surface area (TPSA) is 88.4 Å². The van der Waals surface area contributed by atoms with Crippen LogP contribution in [0.3, 0.4) is 0 Å². The zero-order valence-corrected chi connectivity index (χ0v) is 14.0. The van der Waals surface area contributed by atoms with Gasteiger partial charge in [0.2, 0.25) is 0 Å². The third-order valence-electron chi connectivity index (χ3n) is 3.24. The molecule has 0 spiro atoms. The molecular formula is C19H18N2O4. The number of rotatable bonds is 6. The fraction of sp³-hybridized carbons (Fsp3) is 0.211. The van der Waals surface area contributed by atoms with Gasteiger partial charge in [-0.15, -0.1) is 0 Å². The van der Waals surface area contributed by atoms with E-state index in [0.717, 1.165) is 11.1 Å². The molecule has 6 nitrogen and oxygen atoms in total. The van der Waals surface area contributed by atoms with Crippen LogP contribution in [0.4, 0.5) is 5.69 Å². The molecule has 0 bridgehead atoms. The number of para-hydroxylation sites is 1. The number of ether oxygens (including phenoxy) is 2. The maximum Gasteiger partial charge on any atom is 0.344 e. The van der Waals surface area contributed by atoms with Gasteiger partial charge in [-0.05, 0) is 49.2 Å². The summed E-state index contributed by atoms with van der Waals surface area (Å²) in [4.78, 5) is 23.5. The van der Waals surface area contributed by atoms with Gasteiger partial charge >= 0.3 is 5.97 Å². The van der Waals surface area contributed by atoms with Crippen molar-refractivity contribution in [1.29, 1.82) is 5.26 Å². The molecule has 0 aliphatic carbocycles. The Balaban J connectivity index is 1.79. The number of hydrogen-bond donors (Lipinski definition) is 1. The Labute approximate surface area is 146 Å². The Kier molecular flexibility index (Phi) is 6.13. The normalized spacial score (nSPS) is 9.80. The van der Waals surface area contributed by atoms with E-state index in [1.807, 2.05) is 38.1 Å². The molecule has 0 unspecified atom stereocenters. The SMILES string of the molecule is Cc1cc(C)cc(OCC(=O)OCC(=O)Nc2ccccc2C#N)c1. The van der Waals surface area contributed by atoms with Crippen LogP contribution in [-0.2, 0) is 14.3 Å². The summed E-state index contributed by atoms with van der Waals surface area (Å²) in [5, 5.41) is 11.5. The highest BCUT2D eigenvalue weighted by Crippen LogP contribution is 2.16. The molecule has 0 fully saturated rings. The second-order valence-electron chi connectivity index (χ2n) is 5.48. The zero-order chi connectivity index (χ0) is 18.2. The summed E-state index contributed by atoms with van der Waals surface area (Å²) in [5.74, 6) is -0.604. The predicted molar refractivity (Wildman–Crippen MR) is 92.2 cm³/mol. The lowest BCUT2D eigenvalue weighted by atomic mass is 10.1. The Morgan fingerprint density at radius 3 is 2.44 bits per heavy atom. The van der Waals surface area contributed by atoms with E-state index in [4.69, 9.17) is 14.7 Å². The average Bonchev–Trinajstić information content (AvgIpc) is 2.58. The van der Waals surface area contributed by atoms with E-state index in [-0.39, 0.29) is 6.61 Å². The Hall–Kier alpha value is -3.33. The van der Waals surface area contributed by atoms with E-state index < -0.39 is 18.5 Å². The highest BCUT2D eigenvalue weighted by Gasteiger charge is 2.10. The van der Waals surface area contributed by atoms with E-state index >= 15 is 0 Å². The minimum Gasteiger partial charge on any atom is -0.482 e. The summed E-state index contributed by atoms with van der Waals surface area (Å²) >= 11 is 0. The van der Waals surface area contributed by atoms with Gasteiger partial charge in [0.05, 0.1) is 11.3 Å². The van der Waals surface area contributed by atoms with Gasteiger partial charge in [0.25, 0.3) is 5.91 Å². The summed E-state index contributed by atoms with van der Waals surface area (Å²) in [7, 11) is 0. The lowest BCUT2D eigenvalue weighted by Gasteiger charge is -2.09. The van der Waals surface area contributed by atoms with Crippen molar-refractivity contribution in [3.63, 3.8) is 0 Å². The predicted octanol–water partition coefficient (Wildman–Crippen LogP) is 2.74. The van der Waals surface area contributed by atoms with Crippen LogP contribution in [0.5, 0.6) is 5.75 Å². The Morgan fingerprint density at radius 1 is 1.08 bits per heavy atom. The van der Waals surface area contributed by atoms with Crippen molar-refractivity contribution in [2.45, 2.75) is 13.8 Å². The van der Waals surface area contributed by atoms with Crippen LogP contribution in [0.2, 0.25) is 0 Å². The fourth-order valence-electron chi connectivity index (χ4n) is 2.22. The first-order chi connectivity index (χ1) is 12.0. The lowest BCUT2D eigenvalue weighted by molar-refractivity contribution is -0.149.